The van der Waals surface area contributed by atoms with Gasteiger partial charge >= 0.3 is 0 Å². The molecule has 0 bridgehead atoms. The van der Waals surface area contributed by atoms with E-state index in [-0.39, 0.29) is 0 Å². The zero-order valence-electron chi connectivity index (χ0n) is 11.8. The molecule has 0 aliphatic heterocycles. The van der Waals surface area contributed by atoms with E-state index in [9.17, 15) is 4.79 Å². The summed E-state index contributed by atoms with van der Waals surface area (Å²) < 4.78 is 0. The molecule has 2 nitrogen and oxygen atoms in total. The average molecular weight is 263 g/mol. The predicted molar refractivity (Wildman–Crippen MR) is 83.7 cm³/mol. The Morgan fingerprint density at radius 1 is 1.10 bits per heavy atom. The van der Waals surface area contributed by atoms with Gasteiger partial charge in [-0.25, -0.2) is 0 Å². The molecule has 0 unspecified atom stereocenters. The van der Waals surface area contributed by atoms with Crippen molar-refractivity contribution in [3.05, 3.63) is 65.4 Å². The van der Waals surface area contributed by atoms with Gasteiger partial charge in [0.05, 0.1) is 0 Å². The van der Waals surface area contributed by atoms with Crippen LogP contribution in [0.3, 0.4) is 0 Å². The quantitative estimate of drug-likeness (QED) is 0.783. The minimum Gasteiger partial charge on any atom is -0.377 e. The number of aldehydes is 1. The molecule has 100 valence electrons. The Hall–Kier alpha value is -2.35. The summed E-state index contributed by atoms with van der Waals surface area (Å²) in [5, 5.41) is 2.28. The van der Waals surface area contributed by atoms with Gasteiger partial charge in [-0.2, -0.15) is 0 Å². The van der Waals surface area contributed by atoms with Crippen LogP contribution >= 0.6 is 0 Å². The summed E-state index contributed by atoms with van der Waals surface area (Å²) in [6.07, 6.45) is 6.11. The monoisotopic (exact) mass is 263 g/mol. The normalized spacial score (nSPS) is 14.1. The van der Waals surface area contributed by atoms with E-state index in [4.69, 9.17) is 0 Å². The lowest BCUT2D eigenvalue weighted by Gasteiger charge is -2.17. The summed E-state index contributed by atoms with van der Waals surface area (Å²) in [5.41, 5.74) is 4.22. The van der Waals surface area contributed by atoms with Gasteiger partial charge in [-0.1, -0.05) is 30.3 Å². The third-order valence-electron chi connectivity index (χ3n) is 3.76. The summed E-state index contributed by atoms with van der Waals surface area (Å²) in [7, 11) is 4.07. The molecule has 0 radical (unpaired) electrons. The van der Waals surface area contributed by atoms with Crippen molar-refractivity contribution >= 4 is 22.6 Å². The Balaban J connectivity index is 2.25. The van der Waals surface area contributed by atoms with Crippen molar-refractivity contribution < 1.29 is 4.79 Å². The van der Waals surface area contributed by atoms with Crippen LogP contribution in [0.25, 0.3) is 16.3 Å². The molecule has 2 heteroatoms. The highest BCUT2D eigenvalue weighted by atomic mass is 16.1. The summed E-state index contributed by atoms with van der Waals surface area (Å²) in [6, 6.07) is 12.3. The van der Waals surface area contributed by atoms with Crippen molar-refractivity contribution in [2.45, 2.75) is 6.42 Å². The lowest BCUT2D eigenvalue weighted by molar-refractivity contribution is 0.112. The Bertz CT molecular complexity index is 738. The minimum absolute atomic E-state index is 0.766. The zero-order valence-corrected chi connectivity index (χ0v) is 11.8. The largest absolute Gasteiger partial charge is 0.377 e. The van der Waals surface area contributed by atoms with E-state index in [1.165, 1.54) is 16.7 Å². The van der Waals surface area contributed by atoms with Gasteiger partial charge in [0.1, 0.15) is 0 Å². The van der Waals surface area contributed by atoms with Crippen molar-refractivity contribution in [2.75, 3.05) is 14.1 Å². The number of benzene rings is 2. The molecule has 1 aliphatic carbocycles. The van der Waals surface area contributed by atoms with Crippen molar-refractivity contribution in [3.63, 3.8) is 0 Å². The van der Waals surface area contributed by atoms with Crippen LogP contribution in [-0.2, 0) is 0 Å². The Morgan fingerprint density at radius 2 is 1.80 bits per heavy atom. The molecule has 1 aliphatic rings. The SMILES string of the molecule is CN(C)C1=C(c2cc3ccccc3cc2C=O)CC=C1. The number of rotatable bonds is 3. The summed E-state index contributed by atoms with van der Waals surface area (Å²) in [4.78, 5) is 13.5. The van der Waals surface area contributed by atoms with Crippen LogP contribution in [0.2, 0.25) is 0 Å². The number of likely N-dealkylation sites (N-methyl/N-ethyl adjacent to an activating group) is 1. The molecule has 0 fully saturated rings. The second-order valence-electron chi connectivity index (χ2n) is 5.27. The molecule has 0 aromatic heterocycles. The molecule has 0 N–H and O–H groups in total. The first-order valence-electron chi connectivity index (χ1n) is 6.76. The molecule has 0 saturated carbocycles. The molecule has 0 heterocycles. The lowest BCUT2D eigenvalue weighted by atomic mass is 9.94. The maximum Gasteiger partial charge on any atom is 0.150 e. The molecule has 0 atom stereocenters. The van der Waals surface area contributed by atoms with Crippen LogP contribution in [0, 0.1) is 0 Å². The van der Waals surface area contributed by atoms with E-state index in [0.717, 1.165) is 29.2 Å². The van der Waals surface area contributed by atoms with Gasteiger partial charge in [-0.15, -0.1) is 0 Å². The minimum atomic E-state index is 0.766. The van der Waals surface area contributed by atoms with Gasteiger partial charge in [0.25, 0.3) is 0 Å². The zero-order chi connectivity index (χ0) is 14.1. The Labute approximate surface area is 119 Å². The molecule has 2 aromatic rings. The first-order chi connectivity index (χ1) is 9.70. The van der Waals surface area contributed by atoms with E-state index < -0.39 is 0 Å². The van der Waals surface area contributed by atoms with Gasteiger partial charge in [0, 0.05) is 25.4 Å². The molecule has 0 amide bonds. The molecular formula is C18H17NO. The van der Waals surface area contributed by atoms with Crippen LogP contribution in [0.1, 0.15) is 22.3 Å². The standard InChI is InChI=1S/C18H17NO/c1-19(2)18-9-5-8-16(18)17-11-14-7-4-3-6-13(14)10-15(17)12-20/h3-7,9-12H,8H2,1-2H3. The van der Waals surface area contributed by atoms with Crippen molar-refractivity contribution in [1.29, 1.82) is 0 Å². The molecule has 3 rings (SSSR count). The summed E-state index contributed by atoms with van der Waals surface area (Å²) in [6.45, 7) is 0. The third-order valence-corrected chi connectivity index (χ3v) is 3.76. The van der Waals surface area contributed by atoms with Crippen LogP contribution in [-0.4, -0.2) is 25.3 Å². The number of carbonyl (C=O) groups is 1. The number of fused-ring (bicyclic) bond motifs is 1. The highest BCUT2D eigenvalue weighted by Gasteiger charge is 2.16. The first-order valence-corrected chi connectivity index (χ1v) is 6.76. The fourth-order valence-corrected chi connectivity index (χ4v) is 2.78. The number of carbonyl (C=O) groups excluding carboxylic acids is 1. The van der Waals surface area contributed by atoms with Crippen molar-refractivity contribution in [2.24, 2.45) is 0 Å². The van der Waals surface area contributed by atoms with Gasteiger partial charge < -0.3 is 4.90 Å². The second kappa shape index (κ2) is 4.97. The topological polar surface area (TPSA) is 20.3 Å². The van der Waals surface area contributed by atoms with E-state index in [2.05, 4.69) is 29.2 Å². The smallest absolute Gasteiger partial charge is 0.150 e. The average Bonchev–Trinajstić information content (AvgIpc) is 2.95. The Morgan fingerprint density at radius 3 is 2.45 bits per heavy atom. The molecular weight excluding hydrogens is 246 g/mol. The predicted octanol–water partition coefficient (Wildman–Crippen LogP) is 3.88. The summed E-state index contributed by atoms with van der Waals surface area (Å²) >= 11 is 0. The maximum atomic E-state index is 11.4. The lowest BCUT2D eigenvalue weighted by Crippen LogP contribution is -2.10. The molecule has 0 saturated heterocycles. The number of nitrogens with zero attached hydrogens (tertiary/aromatic N) is 1. The number of allylic oxidation sites excluding steroid dienone is 3. The van der Waals surface area contributed by atoms with Gasteiger partial charge in [-0.3, -0.25) is 4.79 Å². The highest BCUT2D eigenvalue weighted by molar-refractivity contribution is 5.96. The number of hydrogen-bond acceptors (Lipinski definition) is 2. The fourth-order valence-electron chi connectivity index (χ4n) is 2.78. The van der Waals surface area contributed by atoms with Crippen LogP contribution in [0.5, 0.6) is 0 Å². The van der Waals surface area contributed by atoms with E-state index in [0.29, 0.717) is 0 Å². The number of hydrogen-bond donors (Lipinski definition) is 0. The van der Waals surface area contributed by atoms with E-state index >= 15 is 0 Å². The van der Waals surface area contributed by atoms with Gasteiger partial charge in [0.2, 0.25) is 0 Å². The highest BCUT2D eigenvalue weighted by Crippen LogP contribution is 2.33. The maximum absolute atomic E-state index is 11.4. The van der Waals surface area contributed by atoms with Gasteiger partial charge in [0.15, 0.2) is 6.29 Å². The molecule has 20 heavy (non-hydrogen) atoms. The van der Waals surface area contributed by atoms with E-state index in [1.807, 2.05) is 38.4 Å². The van der Waals surface area contributed by atoms with Crippen LogP contribution in [0.4, 0.5) is 0 Å². The van der Waals surface area contributed by atoms with Crippen LogP contribution in [0.15, 0.2) is 54.2 Å². The van der Waals surface area contributed by atoms with Crippen molar-refractivity contribution in [1.82, 2.24) is 4.90 Å². The second-order valence-corrected chi connectivity index (χ2v) is 5.27. The fraction of sp³-hybridized carbons (Fsp3) is 0.167. The third kappa shape index (κ3) is 2.03. The van der Waals surface area contributed by atoms with Gasteiger partial charge in [-0.05, 0) is 46.5 Å². The summed E-state index contributed by atoms with van der Waals surface area (Å²) in [5.74, 6) is 0. The first kappa shape index (κ1) is 12.7. The van der Waals surface area contributed by atoms with Crippen LogP contribution < -0.4 is 0 Å². The van der Waals surface area contributed by atoms with Crippen molar-refractivity contribution in [3.8, 4) is 0 Å². The Kier molecular flexibility index (Phi) is 3.15. The molecule has 0 spiro atoms. The van der Waals surface area contributed by atoms with E-state index in [1.54, 1.807) is 0 Å². The molecule has 2 aromatic carbocycles.